The molecule has 7 heteroatoms. The largest absolute Gasteiger partial charge is 0.507 e. The number of hydrogen-bond donors (Lipinski definition) is 1. The van der Waals surface area contributed by atoms with Crippen molar-refractivity contribution >= 4 is 17.4 Å². The fourth-order valence-corrected chi connectivity index (χ4v) is 3.86. The number of aliphatic hydroxyl groups excluding tert-OH is 1. The van der Waals surface area contributed by atoms with E-state index in [9.17, 15) is 14.7 Å². The number of rotatable bonds is 7. The molecule has 1 saturated heterocycles. The molecular formula is C25H23NO6. The summed E-state index contributed by atoms with van der Waals surface area (Å²) in [7, 11) is 1.54. The van der Waals surface area contributed by atoms with E-state index in [0.717, 1.165) is 5.56 Å². The fraction of sp³-hybridized carbons (Fsp3) is 0.200. The second kappa shape index (κ2) is 9.01. The van der Waals surface area contributed by atoms with Gasteiger partial charge in [-0.1, -0.05) is 30.3 Å². The van der Waals surface area contributed by atoms with Crippen LogP contribution >= 0.6 is 0 Å². The molecule has 4 rings (SSSR count). The Bertz CT molecular complexity index is 1160. The van der Waals surface area contributed by atoms with Crippen LogP contribution in [0.5, 0.6) is 11.5 Å². The van der Waals surface area contributed by atoms with Crippen LogP contribution in [0.1, 0.15) is 29.9 Å². The Morgan fingerprint density at radius 1 is 1.09 bits per heavy atom. The lowest BCUT2D eigenvalue weighted by Crippen LogP contribution is -2.29. The maximum absolute atomic E-state index is 13.1. The second-order valence-corrected chi connectivity index (χ2v) is 7.22. The highest BCUT2D eigenvalue weighted by Gasteiger charge is 2.47. The molecule has 1 aliphatic heterocycles. The van der Waals surface area contributed by atoms with Crippen molar-refractivity contribution < 1.29 is 28.6 Å². The molecule has 1 N–H and O–H groups in total. The summed E-state index contributed by atoms with van der Waals surface area (Å²) in [5.74, 6) is -0.262. The summed E-state index contributed by atoms with van der Waals surface area (Å²) in [4.78, 5) is 27.5. The SMILES string of the molecule is CCOc1cccc(/C(O)=C2/C(=O)C(=O)N(Cc3ccccc3OC)C2c2ccco2)c1. The van der Waals surface area contributed by atoms with Crippen molar-refractivity contribution in [1.82, 2.24) is 4.90 Å². The highest BCUT2D eigenvalue weighted by molar-refractivity contribution is 6.46. The quantitative estimate of drug-likeness (QED) is 0.339. The molecule has 2 heterocycles. The lowest BCUT2D eigenvalue weighted by molar-refractivity contribution is -0.140. The van der Waals surface area contributed by atoms with Crippen molar-refractivity contribution in [2.24, 2.45) is 0 Å². The molecule has 1 unspecified atom stereocenters. The van der Waals surface area contributed by atoms with Crippen molar-refractivity contribution in [3.05, 3.63) is 89.4 Å². The number of methoxy groups -OCH3 is 1. The normalized spacial score (nSPS) is 17.6. The fourth-order valence-electron chi connectivity index (χ4n) is 3.86. The number of ether oxygens (including phenoxy) is 2. The number of Topliss-reactive ketones (excluding diaryl/α,β-unsaturated/α-hetero) is 1. The number of benzene rings is 2. The van der Waals surface area contributed by atoms with E-state index < -0.39 is 17.7 Å². The monoisotopic (exact) mass is 433 g/mol. The molecule has 0 spiro atoms. The highest BCUT2D eigenvalue weighted by atomic mass is 16.5. The zero-order chi connectivity index (χ0) is 22.7. The first-order chi connectivity index (χ1) is 15.5. The first kappa shape index (κ1) is 21.2. The van der Waals surface area contributed by atoms with Gasteiger partial charge >= 0.3 is 0 Å². The number of para-hydroxylation sites is 1. The number of carbonyl (C=O) groups excluding carboxylic acids is 2. The van der Waals surface area contributed by atoms with E-state index in [4.69, 9.17) is 13.9 Å². The molecule has 1 atom stereocenters. The minimum Gasteiger partial charge on any atom is -0.507 e. The molecule has 32 heavy (non-hydrogen) atoms. The van der Waals surface area contributed by atoms with Crippen molar-refractivity contribution in [2.75, 3.05) is 13.7 Å². The summed E-state index contributed by atoms with van der Waals surface area (Å²) in [5, 5.41) is 11.1. The molecule has 2 aromatic carbocycles. The molecular weight excluding hydrogens is 410 g/mol. The van der Waals surface area contributed by atoms with Crippen LogP contribution in [0.15, 0.2) is 76.9 Å². The molecule has 1 fully saturated rings. The van der Waals surface area contributed by atoms with Crippen molar-refractivity contribution in [1.29, 1.82) is 0 Å². The predicted molar refractivity (Wildman–Crippen MR) is 117 cm³/mol. The zero-order valence-corrected chi connectivity index (χ0v) is 17.8. The van der Waals surface area contributed by atoms with Crippen LogP contribution in [0.4, 0.5) is 0 Å². The Kier molecular flexibility index (Phi) is 5.98. The smallest absolute Gasteiger partial charge is 0.296 e. The predicted octanol–water partition coefficient (Wildman–Crippen LogP) is 4.31. The number of ketones is 1. The number of amides is 1. The number of hydrogen-bond acceptors (Lipinski definition) is 6. The third-order valence-electron chi connectivity index (χ3n) is 5.30. The second-order valence-electron chi connectivity index (χ2n) is 7.22. The van der Waals surface area contributed by atoms with Crippen molar-refractivity contribution in [3.63, 3.8) is 0 Å². The maximum atomic E-state index is 13.1. The van der Waals surface area contributed by atoms with Gasteiger partial charge in [0.05, 0.1) is 32.1 Å². The van der Waals surface area contributed by atoms with E-state index in [1.165, 1.54) is 11.2 Å². The van der Waals surface area contributed by atoms with E-state index in [0.29, 0.717) is 29.4 Å². The zero-order valence-electron chi connectivity index (χ0n) is 17.8. The molecule has 0 bridgehead atoms. The third-order valence-corrected chi connectivity index (χ3v) is 5.30. The topological polar surface area (TPSA) is 89.2 Å². The third kappa shape index (κ3) is 3.85. The molecule has 1 amide bonds. The van der Waals surface area contributed by atoms with Crippen molar-refractivity contribution in [3.8, 4) is 11.5 Å². The van der Waals surface area contributed by atoms with Crippen LogP contribution in [-0.2, 0) is 16.1 Å². The lowest BCUT2D eigenvalue weighted by Gasteiger charge is -2.24. The average molecular weight is 433 g/mol. The summed E-state index contributed by atoms with van der Waals surface area (Å²) < 4.78 is 16.5. The van der Waals surface area contributed by atoms with Crippen LogP contribution in [0, 0.1) is 0 Å². The lowest BCUT2D eigenvalue weighted by atomic mass is 9.99. The van der Waals surface area contributed by atoms with Gasteiger partial charge in [-0.15, -0.1) is 0 Å². The van der Waals surface area contributed by atoms with E-state index in [1.807, 2.05) is 25.1 Å². The van der Waals surface area contributed by atoms with Crippen LogP contribution < -0.4 is 9.47 Å². The summed E-state index contributed by atoms with van der Waals surface area (Å²) >= 11 is 0. The Hall–Kier alpha value is -4.00. The Morgan fingerprint density at radius 3 is 2.62 bits per heavy atom. The molecule has 1 aromatic heterocycles. The number of furan rings is 1. The molecule has 164 valence electrons. The Labute approximate surface area is 185 Å². The van der Waals surface area contributed by atoms with E-state index in [1.54, 1.807) is 49.6 Å². The highest BCUT2D eigenvalue weighted by Crippen LogP contribution is 2.41. The van der Waals surface area contributed by atoms with Gasteiger partial charge in [-0.3, -0.25) is 9.59 Å². The Morgan fingerprint density at radius 2 is 1.91 bits per heavy atom. The molecule has 7 nitrogen and oxygen atoms in total. The summed E-state index contributed by atoms with van der Waals surface area (Å²) in [5.41, 5.74) is 1.07. The molecule has 3 aromatic rings. The Balaban J connectivity index is 1.82. The first-order valence-corrected chi connectivity index (χ1v) is 10.2. The van der Waals surface area contributed by atoms with Gasteiger partial charge in [-0.25, -0.2) is 0 Å². The number of carbonyl (C=O) groups is 2. The van der Waals surface area contributed by atoms with Gasteiger partial charge in [-0.2, -0.15) is 0 Å². The van der Waals surface area contributed by atoms with Gasteiger partial charge in [-0.05, 0) is 37.3 Å². The summed E-state index contributed by atoms with van der Waals surface area (Å²) in [6.07, 6.45) is 1.47. The van der Waals surface area contributed by atoms with Gasteiger partial charge < -0.3 is 23.9 Å². The van der Waals surface area contributed by atoms with Crippen LogP contribution in [-0.4, -0.2) is 35.4 Å². The first-order valence-electron chi connectivity index (χ1n) is 10.2. The summed E-state index contributed by atoms with van der Waals surface area (Å²) in [6, 6.07) is 16.5. The molecule has 0 radical (unpaired) electrons. The number of nitrogens with zero attached hydrogens (tertiary/aromatic N) is 1. The van der Waals surface area contributed by atoms with Gasteiger partial charge in [0, 0.05) is 11.1 Å². The molecule has 1 aliphatic rings. The number of likely N-dealkylation sites (tertiary alicyclic amines) is 1. The van der Waals surface area contributed by atoms with Crippen LogP contribution in [0.3, 0.4) is 0 Å². The van der Waals surface area contributed by atoms with Gasteiger partial charge in [0.15, 0.2) is 0 Å². The maximum Gasteiger partial charge on any atom is 0.296 e. The van der Waals surface area contributed by atoms with E-state index in [2.05, 4.69) is 0 Å². The standard InChI is InChI=1S/C25H23NO6/c1-3-31-18-10-6-9-16(14-18)23(27)21-22(20-12-7-13-32-20)26(25(29)24(21)28)15-17-8-4-5-11-19(17)30-2/h4-14,22,27H,3,15H2,1-2H3/b23-21-. The summed E-state index contributed by atoms with van der Waals surface area (Å²) in [6.45, 7) is 2.42. The van der Waals surface area contributed by atoms with Gasteiger partial charge in [0.25, 0.3) is 11.7 Å². The number of aliphatic hydroxyl groups is 1. The average Bonchev–Trinajstić information content (AvgIpc) is 3.42. The van der Waals surface area contributed by atoms with Crippen molar-refractivity contribution in [2.45, 2.75) is 19.5 Å². The van der Waals surface area contributed by atoms with E-state index >= 15 is 0 Å². The van der Waals surface area contributed by atoms with Crippen LogP contribution in [0.2, 0.25) is 0 Å². The van der Waals surface area contributed by atoms with Gasteiger partial charge in [0.2, 0.25) is 0 Å². The minimum atomic E-state index is -0.884. The minimum absolute atomic E-state index is 0.0338. The van der Waals surface area contributed by atoms with Gasteiger partial charge in [0.1, 0.15) is 29.1 Å². The van der Waals surface area contributed by atoms with Crippen LogP contribution in [0.25, 0.3) is 5.76 Å². The molecule has 0 aliphatic carbocycles. The van der Waals surface area contributed by atoms with E-state index in [-0.39, 0.29) is 17.9 Å². The molecule has 0 saturated carbocycles.